The Morgan fingerprint density at radius 2 is 1.87 bits per heavy atom. The number of aromatic amines is 1. The van der Waals surface area contributed by atoms with Crippen molar-refractivity contribution in [2.45, 2.75) is 19.4 Å². The van der Waals surface area contributed by atoms with Crippen molar-refractivity contribution in [2.24, 2.45) is 0 Å². The molecule has 152 valence electrons. The highest BCUT2D eigenvalue weighted by Crippen LogP contribution is 2.19. The molecule has 0 aliphatic carbocycles. The van der Waals surface area contributed by atoms with Gasteiger partial charge in [0.25, 0.3) is 5.91 Å². The molecule has 0 spiro atoms. The zero-order valence-corrected chi connectivity index (χ0v) is 16.3. The highest BCUT2D eigenvalue weighted by atomic mass is 16.5. The number of hydrogen-bond acceptors (Lipinski definition) is 5. The summed E-state index contributed by atoms with van der Waals surface area (Å²) in [5.74, 6) is -1.69. The average molecular weight is 404 g/mol. The number of para-hydroxylation sites is 2. The van der Waals surface area contributed by atoms with Crippen molar-refractivity contribution in [3.63, 3.8) is 0 Å². The van der Waals surface area contributed by atoms with Crippen LogP contribution in [0.4, 0.5) is 5.69 Å². The summed E-state index contributed by atoms with van der Waals surface area (Å²) in [6.07, 6.45) is 1.99. The lowest BCUT2D eigenvalue weighted by Crippen LogP contribution is -2.43. The quantitative estimate of drug-likeness (QED) is 0.521. The largest absolute Gasteiger partial charge is 0.454 e. The van der Waals surface area contributed by atoms with E-state index in [1.807, 2.05) is 30.3 Å². The van der Waals surface area contributed by atoms with Crippen molar-refractivity contribution in [3.8, 4) is 6.07 Å². The smallest absolute Gasteiger partial charge is 0.329 e. The second-order valence-electron chi connectivity index (χ2n) is 6.63. The van der Waals surface area contributed by atoms with Gasteiger partial charge >= 0.3 is 5.97 Å². The molecule has 3 aromatic rings. The minimum absolute atomic E-state index is 0.210. The molecule has 0 radical (unpaired) electrons. The van der Waals surface area contributed by atoms with Crippen molar-refractivity contribution in [3.05, 3.63) is 65.9 Å². The topological polar surface area (TPSA) is 124 Å². The Morgan fingerprint density at radius 3 is 2.63 bits per heavy atom. The molecular formula is C22H20N4O4. The Balaban J connectivity index is 1.64. The standard InChI is InChI=1S/C22H20N4O4/c1-14(27)25-20(10-16-12-24-19-9-5-3-7-17(16)19)22(29)30-13-21(28)26-18-8-4-2-6-15(18)11-23/h2-9,12,20,24H,10,13H2,1H3,(H,25,27)(H,26,28)/t20-/m0/s1. The van der Waals surface area contributed by atoms with Crippen molar-refractivity contribution >= 4 is 34.4 Å². The molecule has 0 bridgehead atoms. The number of nitrogens with zero attached hydrogens (tertiary/aromatic N) is 1. The molecule has 1 aromatic heterocycles. The van der Waals surface area contributed by atoms with Gasteiger partial charge in [0, 0.05) is 30.4 Å². The van der Waals surface area contributed by atoms with Crippen LogP contribution >= 0.6 is 0 Å². The van der Waals surface area contributed by atoms with Gasteiger partial charge < -0.3 is 20.4 Å². The van der Waals surface area contributed by atoms with Gasteiger partial charge in [-0.25, -0.2) is 4.79 Å². The molecule has 0 saturated heterocycles. The van der Waals surface area contributed by atoms with E-state index in [1.54, 1.807) is 30.5 Å². The number of benzene rings is 2. The van der Waals surface area contributed by atoms with E-state index in [0.717, 1.165) is 16.5 Å². The first-order valence-electron chi connectivity index (χ1n) is 9.25. The van der Waals surface area contributed by atoms with Gasteiger partial charge in [0.15, 0.2) is 6.61 Å². The molecular weight excluding hydrogens is 384 g/mol. The maximum atomic E-state index is 12.5. The van der Waals surface area contributed by atoms with Crippen LogP contribution in [0.1, 0.15) is 18.1 Å². The Hall–Kier alpha value is -4.12. The van der Waals surface area contributed by atoms with Crippen LogP contribution < -0.4 is 10.6 Å². The first-order chi connectivity index (χ1) is 14.5. The molecule has 3 rings (SSSR count). The second kappa shape index (κ2) is 9.39. The van der Waals surface area contributed by atoms with Gasteiger partial charge in [-0.2, -0.15) is 5.26 Å². The van der Waals surface area contributed by atoms with Gasteiger partial charge in [-0.15, -0.1) is 0 Å². The number of ether oxygens (including phenoxy) is 1. The van der Waals surface area contributed by atoms with Gasteiger partial charge in [-0.05, 0) is 23.8 Å². The molecule has 8 nitrogen and oxygen atoms in total. The van der Waals surface area contributed by atoms with E-state index in [1.165, 1.54) is 6.92 Å². The molecule has 2 aromatic carbocycles. The van der Waals surface area contributed by atoms with Gasteiger partial charge in [0.2, 0.25) is 5.91 Å². The number of carbonyl (C=O) groups is 3. The number of amides is 2. The van der Waals surface area contributed by atoms with E-state index in [9.17, 15) is 14.4 Å². The maximum absolute atomic E-state index is 12.5. The third kappa shape index (κ3) is 5.02. The molecule has 1 heterocycles. The van der Waals surface area contributed by atoms with Crippen LogP contribution in [0.25, 0.3) is 10.9 Å². The van der Waals surface area contributed by atoms with Crippen LogP contribution in [0.5, 0.6) is 0 Å². The van der Waals surface area contributed by atoms with Gasteiger partial charge in [0.05, 0.1) is 11.3 Å². The van der Waals surface area contributed by atoms with Crippen LogP contribution in [0.3, 0.4) is 0 Å². The van der Waals surface area contributed by atoms with Crippen LogP contribution in [-0.2, 0) is 25.5 Å². The normalized spacial score (nSPS) is 11.3. The third-order valence-electron chi connectivity index (χ3n) is 4.43. The minimum Gasteiger partial charge on any atom is -0.454 e. The minimum atomic E-state index is -0.944. The fourth-order valence-electron chi connectivity index (χ4n) is 3.07. The van der Waals surface area contributed by atoms with Crippen molar-refractivity contribution in [1.82, 2.24) is 10.3 Å². The number of nitrogens with one attached hydrogen (secondary N) is 3. The predicted octanol–water partition coefficient (Wildman–Crippen LogP) is 2.27. The number of anilines is 1. The number of H-pyrrole nitrogens is 1. The lowest BCUT2D eigenvalue weighted by Gasteiger charge is -2.16. The Morgan fingerprint density at radius 1 is 1.13 bits per heavy atom. The summed E-state index contributed by atoms with van der Waals surface area (Å²) in [6.45, 7) is 0.767. The molecule has 0 aliphatic heterocycles. The van der Waals surface area contributed by atoms with Gasteiger partial charge in [0.1, 0.15) is 12.1 Å². The number of rotatable bonds is 7. The summed E-state index contributed by atoms with van der Waals surface area (Å²) >= 11 is 0. The summed E-state index contributed by atoms with van der Waals surface area (Å²) < 4.78 is 5.11. The molecule has 0 unspecified atom stereocenters. The third-order valence-corrected chi connectivity index (χ3v) is 4.43. The zero-order chi connectivity index (χ0) is 21.5. The number of esters is 1. The molecule has 1 atom stereocenters. The van der Waals surface area contributed by atoms with E-state index in [4.69, 9.17) is 10.00 Å². The maximum Gasteiger partial charge on any atom is 0.329 e. The molecule has 30 heavy (non-hydrogen) atoms. The summed E-state index contributed by atoms with van der Waals surface area (Å²) in [4.78, 5) is 39.4. The molecule has 0 fully saturated rings. The van der Waals surface area contributed by atoms with E-state index in [2.05, 4.69) is 15.6 Å². The SMILES string of the molecule is CC(=O)N[C@@H](Cc1c[nH]c2ccccc12)C(=O)OCC(=O)Nc1ccccc1C#N. The predicted molar refractivity (Wildman–Crippen MR) is 110 cm³/mol. The summed E-state index contributed by atoms with van der Waals surface area (Å²) in [5.41, 5.74) is 2.39. The van der Waals surface area contributed by atoms with Crippen LogP contribution in [0.2, 0.25) is 0 Å². The van der Waals surface area contributed by atoms with Gasteiger partial charge in [-0.3, -0.25) is 9.59 Å². The number of hydrogen-bond donors (Lipinski definition) is 3. The van der Waals surface area contributed by atoms with Crippen molar-refractivity contribution in [1.29, 1.82) is 5.26 Å². The van der Waals surface area contributed by atoms with E-state index in [0.29, 0.717) is 11.3 Å². The highest BCUT2D eigenvalue weighted by molar-refractivity contribution is 5.94. The van der Waals surface area contributed by atoms with Crippen LogP contribution in [0.15, 0.2) is 54.7 Å². The van der Waals surface area contributed by atoms with Crippen molar-refractivity contribution < 1.29 is 19.1 Å². The highest BCUT2D eigenvalue weighted by Gasteiger charge is 2.24. The molecule has 2 amide bonds. The number of nitriles is 1. The van der Waals surface area contributed by atoms with E-state index < -0.39 is 24.5 Å². The van der Waals surface area contributed by atoms with Crippen molar-refractivity contribution in [2.75, 3.05) is 11.9 Å². The molecule has 0 aliphatic rings. The monoisotopic (exact) mass is 404 g/mol. The Labute approximate surface area is 172 Å². The van der Waals surface area contributed by atoms with E-state index >= 15 is 0 Å². The summed E-state index contributed by atoms with van der Waals surface area (Å²) in [6, 6.07) is 15.1. The Kier molecular flexibility index (Phi) is 6.45. The second-order valence-corrected chi connectivity index (χ2v) is 6.63. The van der Waals surface area contributed by atoms with Gasteiger partial charge in [-0.1, -0.05) is 30.3 Å². The molecule has 0 saturated carbocycles. The lowest BCUT2D eigenvalue weighted by atomic mass is 10.0. The molecule has 8 heteroatoms. The van der Waals surface area contributed by atoms with E-state index in [-0.39, 0.29) is 12.3 Å². The number of aromatic nitrogens is 1. The number of carbonyl (C=O) groups excluding carboxylic acids is 3. The Bertz CT molecular complexity index is 1130. The van der Waals surface area contributed by atoms with Crippen LogP contribution in [-0.4, -0.2) is 35.4 Å². The fourth-order valence-corrected chi connectivity index (χ4v) is 3.07. The number of fused-ring (bicyclic) bond motifs is 1. The average Bonchev–Trinajstić information content (AvgIpc) is 3.14. The summed E-state index contributed by atoms with van der Waals surface area (Å²) in [5, 5.41) is 15.1. The lowest BCUT2D eigenvalue weighted by molar-refractivity contribution is -0.150. The fraction of sp³-hybridized carbons (Fsp3) is 0.182. The van der Waals surface area contributed by atoms with Crippen LogP contribution in [0, 0.1) is 11.3 Å². The summed E-state index contributed by atoms with van der Waals surface area (Å²) in [7, 11) is 0. The zero-order valence-electron chi connectivity index (χ0n) is 16.3. The molecule has 3 N–H and O–H groups in total. The first kappa shape index (κ1) is 20.6. The first-order valence-corrected chi connectivity index (χ1v) is 9.25.